The van der Waals surface area contributed by atoms with Crippen molar-refractivity contribution in [1.29, 1.82) is 0 Å². The lowest BCUT2D eigenvalue weighted by atomic mass is 9.89. The van der Waals surface area contributed by atoms with E-state index in [1.807, 2.05) is 28.8 Å². The van der Waals surface area contributed by atoms with Crippen LogP contribution in [0.25, 0.3) is 5.65 Å². The van der Waals surface area contributed by atoms with E-state index in [0.29, 0.717) is 0 Å². The molecule has 0 amide bonds. The quantitative estimate of drug-likeness (QED) is 0.656. The largest absolute Gasteiger partial charge is 0.316 e. The van der Waals surface area contributed by atoms with E-state index in [2.05, 4.69) is 15.5 Å². The van der Waals surface area contributed by atoms with E-state index >= 15 is 0 Å². The van der Waals surface area contributed by atoms with E-state index < -0.39 is 0 Å². The number of hydrogen-bond donors (Lipinski definition) is 1. The third-order valence-corrected chi connectivity index (χ3v) is 4.90. The molecule has 4 nitrogen and oxygen atoms in total. The lowest BCUT2D eigenvalue weighted by Gasteiger charge is -2.21. The first-order valence-corrected chi connectivity index (χ1v) is 8.55. The van der Waals surface area contributed by atoms with E-state index in [1.165, 1.54) is 38.6 Å². The van der Waals surface area contributed by atoms with Gasteiger partial charge in [-0.05, 0) is 37.4 Å². The first-order valence-electron chi connectivity index (χ1n) is 7.57. The summed E-state index contributed by atoms with van der Waals surface area (Å²) >= 11 is 1.77. The maximum Gasteiger partial charge on any atom is 0.195 e. The molecule has 20 heavy (non-hydrogen) atoms. The van der Waals surface area contributed by atoms with E-state index in [9.17, 15) is 0 Å². The van der Waals surface area contributed by atoms with Gasteiger partial charge in [0.15, 0.2) is 10.8 Å². The highest BCUT2D eigenvalue weighted by Crippen LogP contribution is 2.22. The fourth-order valence-electron chi connectivity index (χ4n) is 2.83. The number of thioether (sulfide) groups is 1. The molecular formula is C15H22N4S. The van der Waals surface area contributed by atoms with Gasteiger partial charge in [0.05, 0.1) is 0 Å². The van der Waals surface area contributed by atoms with Gasteiger partial charge in [-0.2, -0.15) is 0 Å². The number of nitrogens with zero attached hydrogens (tertiary/aromatic N) is 3. The Bertz CT molecular complexity index is 533. The van der Waals surface area contributed by atoms with Gasteiger partial charge in [-0.25, -0.2) is 0 Å². The number of hydrogen-bond acceptors (Lipinski definition) is 4. The van der Waals surface area contributed by atoms with Crippen molar-refractivity contribution in [3.05, 3.63) is 24.4 Å². The molecule has 1 saturated carbocycles. The Morgan fingerprint density at radius 1 is 1.20 bits per heavy atom. The van der Waals surface area contributed by atoms with Crippen molar-refractivity contribution >= 4 is 17.4 Å². The maximum absolute atomic E-state index is 4.23. The number of rotatable bonds is 6. The Kier molecular flexibility index (Phi) is 4.92. The molecule has 108 valence electrons. The van der Waals surface area contributed by atoms with E-state index in [1.54, 1.807) is 11.8 Å². The van der Waals surface area contributed by atoms with Crippen molar-refractivity contribution in [2.45, 2.75) is 37.3 Å². The fourth-order valence-corrected chi connectivity index (χ4v) is 3.65. The Hall–Kier alpha value is -1.07. The lowest BCUT2D eigenvalue weighted by molar-refractivity contribution is 0.345. The summed E-state index contributed by atoms with van der Waals surface area (Å²) in [4.78, 5) is 0. The fraction of sp³-hybridized carbons (Fsp3) is 0.600. The maximum atomic E-state index is 4.23. The Labute approximate surface area is 124 Å². The number of fused-ring (bicyclic) bond motifs is 1. The number of aromatic nitrogens is 3. The molecule has 0 saturated heterocycles. The Morgan fingerprint density at radius 2 is 2.10 bits per heavy atom. The van der Waals surface area contributed by atoms with Crippen LogP contribution in [-0.2, 0) is 0 Å². The molecule has 0 radical (unpaired) electrons. The molecule has 0 spiro atoms. The third-order valence-electron chi connectivity index (χ3n) is 3.95. The predicted octanol–water partition coefficient (Wildman–Crippen LogP) is 2.99. The lowest BCUT2D eigenvalue weighted by Crippen LogP contribution is -2.26. The van der Waals surface area contributed by atoms with E-state index in [-0.39, 0.29) is 0 Å². The van der Waals surface area contributed by atoms with Crippen LogP contribution in [0.5, 0.6) is 0 Å². The Balaban J connectivity index is 1.39. The second kappa shape index (κ2) is 7.09. The van der Waals surface area contributed by atoms with Gasteiger partial charge in [0, 0.05) is 18.5 Å². The first kappa shape index (κ1) is 13.9. The molecule has 2 heterocycles. The van der Waals surface area contributed by atoms with E-state index in [4.69, 9.17) is 0 Å². The van der Waals surface area contributed by atoms with Crippen LogP contribution in [0.2, 0.25) is 0 Å². The average molecular weight is 290 g/mol. The molecule has 0 bridgehead atoms. The van der Waals surface area contributed by atoms with Crippen molar-refractivity contribution in [2.75, 3.05) is 18.8 Å². The average Bonchev–Trinajstić information content (AvgIpc) is 2.91. The van der Waals surface area contributed by atoms with Crippen LogP contribution in [0.3, 0.4) is 0 Å². The number of pyridine rings is 1. The van der Waals surface area contributed by atoms with Gasteiger partial charge < -0.3 is 5.32 Å². The van der Waals surface area contributed by atoms with Gasteiger partial charge in [-0.3, -0.25) is 4.40 Å². The van der Waals surface area contributed by atoms with Gasteiger partial charge in [0.1, 0.15) is 0 Å². The molecule has 0 unspecified atom stereocenters. The SMILES string of the molecule is c1ccn2c(SCCNCC3CCCCC3)nnc2c1. The monoisotopic (exact) mass is 290 g/mol. The standard InChI is InChI=1S/C15H22N4S/c1-2-6-13(7-3-1)12-16-9-11-20-15-18-17-14-8-4-5-10-19(14)15/h4-5,8,10,13,16H,1-3,6-7,9,11-12H2. The van der Waals surface area contributed by atoms with Gasteiger partial charge in [-0.15, -0.1) is 10.2 Å². The highest BCUT2D eigenvalue weighted by Gasteiger charge is 2.12. The third kappa shape index (κ3) is 3.52. The predicted molar refractivity (Wildman–Crippen MR) is 83.2 cm³/mol. The molecule has 1 aliphatic rings. The molecule has 0 atom stereocenters. The molecule has 1 fully saturated rings. The van der Waals surface area contributed by atoms with Crippen molar-refractivity contribution in [1.82, 2.24) is 19.9 Å². The van der Waals surface area contributed by atoms with Gasteiger partial charge in [0.2, 0.25) is 0 Å². The minimum atomic E-state index is 0.905. The number of nitrogens with one attached hydrogen (secondary N) is 1. The molecule has 3 rings (SSSR count). The molecule has 1 N–H and O–H groups in total. The normalized spacial score (nSPS) is 16.8. The zero-order valence-electron chi connectivity index (χ0n) is 11.8. The summed E-state index contributed by atoms with van der Waals surface area (Å²) in [6.07, 6.45) is 9.13. The summed E-state index contributed by atoms with van der Waals surface area (Å²) in [5.41, 5.74) is 0.921. The summed E-state index contributed by atoms with van der Waals surface area (Å²) in [7, 11) is 0. The summed E-state index contributed by atoms with van der Waals surface area (Å²) < 4.78 is 2.05. The highest BCUT2D eigenvalue weighted by atomic mass is 32.2. The molecule has 0 aromatic carbocycles. The van der Waals surface area contributed by atoms with Crippen molar-refractivity contribution in [2.24, 2.45) is 5.92 Å². The first-order chi connectivity index (χ1) is 9.93. The van der Waals surface area contributed by atoms with Crippen molar-refractivity contribution < 1.29 is 0 Å². The smallest absolute Gasteiger partial charge is 0.195 e. The summed E-state index contributed by atoms with van der Waals surface area (Å²) in [5, 5.41) is 13.0. The van der Waals surface area contributed by atoms with Crippen LogP contribution in [0.1, 0.15) is 32.1 Å². The zero-order chi connectivity index (χ0) is 13.6. The minimum Gasteiger partial charge on any atom is -0.316 e. The minimum absolute atomic E-state index is 0.905. The van der Waals surface area contributed by atoms with Crippen molar-refractivity contribution in [3.63, 3.8) is 0 Å². The van der Waals surface area contributed by atoms with Crippen LogP contribution >= 0.6 is 11.8 Å². The summed E-state index contributed by atoms with van der Waals surface area (Å²) in [5.74, 6) is 1.95. The molecule has 2 aromatic rings. The second-order valence-corrected chi connectivity index (χ2v) is 6.53. The zero-order valence-corrected chi connectivity index (χ0v) is 12.6. The van der Waals surface area contributed by atoms with Gasteiger partial charge >= 0.3 is 0 Å². The van der Waals surface area contributed by atoms with Gasteiger partial charge in [0.25, 0.3) is 0 Å². The van der Waals surface area contributed by atoms with Crippen molar-refractivity contribution in [3.8, 4) is 0 Å². The van der Waals surface area contributed by atoms with Crippen LogP contribution in [-0.4, -0.2) is 33.4 Å². The summed E-state index contributed by atoms with van der Waals surface area (Å²) in [6.45, 7) is 2.23. The van der Waals surface area contributed by atoms with Crippen LogP contribution < -0.4 is 5.32 Å². The van der Waals surface area contributed by atoms with Crippen LogP contribution in [0, 0.1) is 5.92 Å². The molecule has 5 heteroatoms. The molecule has 0 aliphatic heterocycles. The second-order valence-electron chi connectivity index (χ2n) is 5.47. The summed E-state index contributed by atoms with van der Waals surface area (Å²) in [6, 6.07) is 5.99. The Morgan fingerprint density at radius 3 is 3.00 bits per heavy atom. The molecular weight excluding hydrogens is 268 g/mol. The van der Waals surface area contributed by atoms with Crippen LogP contribution in [0.15, 0.2) is 29.6 Å². The molecule has 2 aromatic heterocycles. The van der Waals surface area contributed by atoms with E-state index in [0.717, 1.165) is 29.0 Å². The van der Waals surface area contributed by atoms with Gasteiger partial charge in [-0.1, -0.05) is 37.1 Å². The molecule has 1 aliphatic carbocycles. The van der Waals surface area contributed by atoms with Crippen LogP contribution in [0.4, 0.5) is 0 Å². The topological polar surface area (TPSA) is 42.2 Å². The highest BCUT2D eigenvalue weighted by molar-refractivity contribution is 7.99.